The molecule has 2 fully saturated rings. The Morgan fingerprint density at radius 3 is 2.68 bits per heavy atom. The number of nitrogens with one attached hydrogen (secondary N) is 1. The minimum atomic E-state index is -4.50. The van der Waals surface area contributed by atoms with Crippen molar-refractivity contribution in [2.45, 2.75) is 37.9 Å². The molecule has 168 valence electrons. The van der Waals surface area contributed by atoms with Crippen LogP contribution in [0.4, 0.5) is 19.0 Å². The van der Waals surface area contributed by atoms with E-state index < -0.39 is 11.7 Å². The number of aromatic nitrogens is 3. The molecular formula is C21H26F3N5O2. The lowest BCUT2D eigenvalue weighted by Gasteiger charge is -2.33. The fraction of sp³-hybridized carbons (Fsp3) is 0.571. The molecule has 0 spiro atoms. The highest BCUT2D eigenvalue weighted by Gasteiger charge is 2.32. The van der Waals surface area contributed by atoms with Gasteiger partial charge in [-0.15, -0.1) is 10.2 Å². The van der Waals surface area contributed by atoms with Crippen molar-refractivity contribution in [3.8, 4) is 17.1 Å². The van der Waals surface area contributed by atoms with E-state index in [0.29, 0.717) is 0 Å². The van der Waals surface area contributed by atoms with Gasteiger partial charge in [0.05, 0.1) is 18.2 Å². The van der Waals surface area contributed by atoms with Crippen LogP contribution in [0.15, 0.2) is 23.0 Å². The predicted octanol–water partition coefficient (Wildman–Crippen LogP) is 3.16. The Balaban J connectivity index is 1.55. The number of alkyl halides is 3. The van der Waals surface area contributed by atoms with E-state index in [-0.39, 0.29) is 34.6 Å². The fourth-order valence-corrected chi connectivity index (χ4v) is 4.04. The van der Waals surface area contributed by atoms with E-state index in [1.165, 1.54) is 37.6 Å². The van der Waals surface area contributed by atoms with Gasteiger partial charge in [0, 0.05) is 26.2 Å². The van der Waals surface area contributed by atoms with E-state index in [1.54, 1.807) is 0 Å². The van der Waals surface area contributed by atoms with Gasteiger partial charge >= 0.3 is 6.18 Å². The van der Waals surface area contributed by atoms with Gasteiger partial charge in [-0.1, -0.05) is 0 Å². The minimum Gasteiger partial charge on any atom is -0.496 e. The predicted molar refractivity (Wildman–Crippen MR) is 110 cm³/mol. The highest BCUT2D eigenvalue weighted by atomic mass is 19.4. The van der Waals surface area contributed by atoms with Crippen molar-refractivity contribution < 1.29 is 17.9 Å². The summed E-state index contributed by atoms with van der Waals surface area (Å²) in [4.78, 5) is 15.3. The highest BCUT2D eigenvalue weighted by Crippen LogP contribution is 2.36. The Kier molecular flexibility index (Phi) is 5.92. The molecule has 0 amide bonds. The Morgan fingerprint density at radius 2 is 2.00 bits per heavy atom. The molecule has 0 bridgehead atoms. The van der Waals surface area contributed by atoms with Crippen LogP contribution < -0.4 is 15.6 Å². The molecule has 2 aliphatic rings. The number of anilines is 1. The van der Waals surface area contributed by atoms with Gasteiger partial charge in [0.25, 0.3) is 5.56 Å². The lowest BCUT2D eigenvalue weighted by molar-refractivity contribution is -0.137. The van der Waals surface area contributed by atoms with Crippen molar-refractivity contribution in [3.05, 3.63) is 34.1 Å². The maximum Gasteiger partial charge on any atom is 0.416 e. The number of halogens is 3. The topological polar surface area (TPSA) is 72.3 Å². The first-order valence-corrected chi connectivity index (χ1v) is 10.4. The van der Waals surface area contributed by atoms with E-state index in [2.05, 4.69) is 20.4 Å². The van der Waals surface area contributed by atoms with Gasteiger partial charge in [0.1, 0.15) is 5.75 Å². The van der Waals surface area contributed by atoms with E-state index in [0.717, 1.165) is 50.5 Å². The normalized spacial score (nSPS) is 20.0. The third kappa shape index (κ3) is 4.84. The van der Waals surface area contributed by atoms with Crippen LogP contribution in [0.1, 0.15) is 31.2 Å². The number of rotatable bonds is 6. The number of ether oxygens (including phenoxy) is 1. The number of benzene rings is 1. The zero-order valence-corrected chi connectivity index (χ0v) is 17.6. The van der Waals surface area contributed by atoms with Crippen LogP contribution in [0.2, 0.25) is 0 Å². The summed E-state index contributed by atoms with van der Waals surface area (Å²) in [7, 11) is 2.80. The Labute approximate surface area is 178 Å². The molecular weight excluding hydrogens is 411 g/mol. The SMILES string of the molecule is COc1cc(C(F)(F)F)ccc1-c1nnc(N[C@@H]2CCCN(CC3CC3)C2)c(=O)n1C. The maximum atomic E-state index is 13.0. The molecule has 7 nitrogen and oxygen atoms in total. The third-order valence-electron chi connectivity index (χ3n) is 5.90. The number of hydrogen-bond donors (Lipinski definition) is 1. The van der Waals surface area contributed by atoms with Crippen molar-refractivity contribution >= 4 is 5.82 Å². The van der Waals surface area contributed by atoms with E-state index in [9.17, 15) is 18.0 Å². The lowest BCUT2D eigenvalue weighted by atomic mass is 10.1. The van der Waals surface area contributed by atoms with Crippen LogP contribution in [0.5, 0.6) is 5.75 Å². The summed E-state index contributed by atoms with van der Waals surface area (Å²) in [5.74, 6) is 1.07. The van der Waals surface area contributed by atoms with Gasteiger partial charge in [-0.25, -0.2) is 0 Å². The molecule has 1 saturated carbocycles. The van der Waals surface area contributed by atoms with Crippen molar-refractivity contribution in [1.29, 1.82) is 0 Å². The molecule has 2 aromatic rings. The molecule has 0 radical (unpaired) electrons. The van der Waals surface area contributed by atoms with Crippen molar-refractivity contribution in [1.82, 2.24) is 19.7 Å². The highest BCUT2D eigenvalue weighted by molar-refractivity contribution is 5.65. The Morgan fingerprint density at radius 1 is 1.23 bits per heavy atom. The molecule has 4 rings (SSSR count). The second-order valence-electron chi connectivity index (χ2n) is 8.34. The number of methoxy groups -OCH3 is 1. The molecule has 1 atom stereocenters. The molecule has 2 heterocycles. The Hall–Kier alpha value is -2.62. The summed E-state index contributed by atoms with van der Waals surface area (Å²) in [5, 5.41) is 11.4. The van der Waals surface area contributed by atoms with Crippen LogP contribution in [0.25, 0.3) is 11.4 Å². The molecule has 1 saturated heterocycles. The van der Waals surface area contributed by atoms with Gasteiger partial charge in [0.2, 0.25) is 5.82 Å². The summed E-state index contributed by atoms with van der Waals surface area (Å²) in [6.07, 6.45) is 0.106. The average molecular weight is 437 g/mol. The fourth-order valence-electron chi connectivity index (χ4n) is 4.04. The zero-order chi connectivity index (χ0) is 22.2. The largest absolute Gasteiger partial charge is 0.496 e. The molecule has 0 unspecified atom stereocenters. The van der Waals surface area contributed by atoms with Crippen LogP contribution >= 0.6 is 0 Å². The summed E-state index contributed by atoms with van der Waals surface area (Å²) in [5.41, 5.74) is -0.953. The average Bonchev–Trinajstić information content (AvgIpc) is 3.55. The van der Waals surface area contributed by atoms with Crippen LogP contribution in [0, 0.1) is 5.92 Å². The van der Waals surface area contributed by atoms with Crippen molar-refractivity contribution in [3.63, 3.8) is 0 Å². The van der Waals surface area contributed by atoms with Gasteiger partial charge in [0.15, 0.2) is 5.82 Å². The second-order valence-corrected chi connectivity index (χ2v) is 8.34. The zero-order valence-electron chi connectivity index (χ0n) is 17.6. The molecule has 1 aliphatic heterocycles. The number of likely N-dealkylation sites (tertiary alicyclic amines) is 1. The molecule has 1 aromatic heterocycles. The molecule has 10 heteroatoms. The van der Waals surface area contributed by atoms with Gasteiger partial charge in [-0.2, -0.15) is 13.2 Å². The van der Waals surface area contributed by atoms with Crippen molar-refractivity contribution in [2.24, 2.45) is 13.0 Å². The van der Waals surface area contributed by atoms with E-state index in [4.69, 9.17) is 4.74 Å². The third-order valence-corrected chi connectivity index (χ3v) is 5.90. The molecule has 1 N–H and O–H groups in total. The maximum absolute atomic E-state index is 13.0. The minimum absolute atomic E-state index is 0.0252. The van der Waals surface area contributed by atoms with Crippen LogP contribution in [-0.4, -0.2) is 52.5 Å². The molecule has 31 heavy (non-hydrogen) atoms. The van der Waals surface area contributed by atoms with Gasteiger partial charge in [-0.3, -0.25) is 9.36 Å². The standard InChI is InChI=1S/C21H26F3N5O2/c1-28-19(16-8-7-14(21(22,23)24)10-17(16)31-2)27-26-18(20(28)30)25-15-4-3-9-29(12-15)11-13-5-6-13/h7-8,10,13,15H,3-6,9,11-12H2,1-2H3,(H,25,26)/t15-/m1/s1. The number of hydrogen-bond acceptors (Lipinski definition) is 6. The summed E-state index contributed by atoms with van der Waals surface area (Å²) < 4.78 is 45.4. The summed E-state index contributed by atoms with van der Waals surface area (Å²) in [6, 6.07) is 3.19. The van der Waals surface area contributed by atoms with E-state index in [1.807, 2.05) is 0 Å². The Bertz CT molecular complexity index is 1000. The monoisotopic (exact) mass is 437 g/mol. The second kappa shape index (κ2) is 8.49. The quantitative estimate of drug-likeness (QED) is 0.749. The molecule has 1 aromatic carbocycles. The van der Waals surface area contributed by atoms with Crippen LogP contribution in [-0.2, 0) is 13.2 Å². The number of nitrogens with zero attached hydrogens (tertiary/aromatic N) is 4. The van der Waals surface area contributed by atoms with Gasteiger partial charge < -0.3 is 15.0 Å². The van der Waals surface area contributed by atoms with Crippen LogP contribution in [0.3, 0.4) is 0 Å². The van der Waals surface area contributed by atoms with Gasteiger partial charge in [-0.05, 0) is 56.3 Å². The first-order valence-electron chi connectivity index (χ1n) is 10.4. The number of piperidine rings is 1. The van der Waals surface area contributed by atoms with Crippen molar-refractivity contribution in [2.75, 3.05) is 32.1 Å². The summed E-state index contributed by atoms with van der Waals surface area (Å²) >= 11 is 0. The van der Waals surface area contributed by atoms with E-state index >= 15 is 0 Å². The summed E-state index contributed by atoms with van der Waals surface area (Å²) in [6.45, 7) is 3.04. The first-order chi connectivity index (χ1) is 14.8. The lowest BCUT2D eigenvalue weighted by Crippen LogP contribution is -2.44. The molecule has 1 aliphatic carbocycles. The first kappa shape index (κ1) is 21.6. The smallest absolute Gasteiger partial charge is 0.416 e.